The van der Waals surface area contributed by atoms with E-state index in [-0.39, 0.29) is 0 Å². The third kappa shape index (κ3) is 3.78. The lowest BCUT2D eigenvalue weighted by atomic mass is 10.1. The van der Waals surface area contributed by atoms with Crippen molar-refractivity contribution in [2.45, 2.75) is 27.7 Å². The number of pyridine rings is 1. The van der Waals surface area contributed by atoms with E-state index in [1.165, 1.54) is 11.1 Å². The van der Waals surface area contributed by atoms with Gasteiger partial charge in [0, 0.05) is 11.4 Å². The Morgan fingerprint density at radius 1 is 0.950 bits per heavy atom. The van der Waals surface area contributed by atoms with Crippen molar-refractivity contribution in [2.24, 2.45) is 0 Å². The minimum Gasteiger partial charge on any atom is -0.332 e. The molecule has 104 valence electrons. The maximum Gasteiger partial charge on any atom is 0.176 e. The second kappa shape index (κ2) is 6.01. The molecule has 0 aliphatic heterocycles. The van der Waals surface area contributed by atoms with E-state index >= 15 is 0 Å². The number of rotatable bonds is 2. The van der Waals surface area contributed by atoms with Crippen molar-refractivity contribution in [3.8, 4) is 0 Å². The minimum absolute atomic E-state index is 0.550. The highest BCUT2D eigenvalue weighted by atomic mass is 32.1. The van der Waals surface area contributed by atoms with E-state index in [1.807, 2.05) is 32.0 Å². The zero-order chi connectivity index (χ0) is 14.7. The maximum absolute atomic E-state index is 5.33. The summed E-state index contributed by atoms with van der Waals surface area (Å²) < 4.78 is 0. The highest BCUT2D eigenvalue weighted by molar-refractivity contribution is 7.80. The minimum atomic E-state index is 0.550. The number of nitrogens with zero attached hydrogens (tertiary/aromatic N) is 1. The van der Waals surface area contributed by atoms with Gasteiger partial charge in [-0.1, -0.05) is 17.7 Å². The van der Waals surface area contributed by atoms with Gasteiger partial charge in [0.25, 0.3) is 0 Å². The van der Waals surface area contributed by atoms with Gasteiger partial charge in [-0.25, -0.2) is 4.98 Å². The van der Waals surface area contributed by atoms with Crippen molar-refractivity contribution >= 4 is 28.8 Å². The average molecular weight is 285 g/mol. The first-order valence-corrected chi connectivity index (χ1v) is 6.95. The second-order valence-corrected chi connectivity index (χ2v) is 5.48. The van der Waals surface area contributed by atoms with Crippen LogP contribution in [-0.2, 0) is 0 Å². The summed E-state index contributed by atoms with van der Waals surface area (Å²) in [5.41, 5.74) is 5.55. The van der Waals surface area contributed by atoms with E-state index in [4.69, 9.17) is 12.2 Å². The molecular formula is C16H19N3S. The van der Waals surface area contributed by atoms with Gasteiger partial charge in [0.05, 0.1) is 0 Å². The predicted octanol–water partition coefficient (Wildman–Crippen LogP) is 4.12. The Bertz CT molecular complexity index is 630. The van der Waals surface area contributed by atoms with Gasteiger partial charge in [-0.3, -0.25) is 0 Å². The first kappa shape index (κ1) is 14.5. The van der Waals surface area contributed by atoms with Crippen molar-refractivity contribution < 1.29 is 0 Å². The summed E-state index contributed by atoms with van der Waals surface area (Å²) in [6.45, 7) is 8.15. The lowest BCUT2D eigenvalue weighted by Gasteiger charge is -2.13. The van der Waals surface area contributed by atoms with Crippen LogP contribution in [0.1, 0.15) is 22.4 Å². The molecule has 2 N–H and O–H groups in total. The van der Waals surface area contributed by atoms with Crippen LogP contribution in [0.25, 0.3) is 0 Å². The number of hydrogen-bond acceptors (Lipinski definition) is 2. The van der Waals surface area contributed by atoms with Crippen molar-refractivity contribution in [3.05, 3.63) is 52.7 Å². The molecule has 2 aromatic rings. The van der Waals surface area contributed by atoms with Crippen LogP contribution in [0.5, 0.6) is 0 Å². The molecule has 1 aromatic heterocycles. The molecule has 0 fully saturated rings. The number of hydrogen-bond donors (Lipinski definition) is 2. The fourth-order valence-electron chi connectivity index (χ4n) is 2.13. The summed E-state index contributed by atoms with van der Waals surface area (Å²) >= 11 is 5.33. The quantitative estimate of drug-likeness (QED) is 0.814. The van der Waals surface area contributed by atoms with Crippen LogP contribution in [0.3, 0.4) is 0 Å². The summed E-state index contributed by atoms with van der Waals surface area (Å²) in [5.74, 6) is 0.768. The third-order valence-corrected chi connectivity index (χ3v) is 3.17. The van der Waals surface area contributed by atoms with Crippen molar-refractivity contribution in [2.75, 3.05) is 10.6 Å². The first-order valence-electron chi connectivity index (χ1n) is 6.54. The smallest absolute Gasteiger partial charge is 0.176 e. The lowest BCUT2D eigenvalue weighted by Crippen LogP contribution is -2.20. The zero-order valence-corrected chi connectivity index (χ0v) is 13.1. The number of anilines is 2. The zero-order valence-electron chi connectivity index (χ0n) is 12.2. The van der Waals surface area contributed by atoms with Gasteiger partial charge in [0.1, 0.15) is 5.82 Å². The monoisotopic (exact) mass is 285 g/mol. The van der Waals surface area contributed by atoms with E-state index < -0.39 is 0 Å². The number of aryl methyl sites for hydroxylation is 4. The van der Waals surface area contributed by atoms with E-state index in [0.717, 1.165) is 22.8 Å². The summed E-state index contributed by atoms with van der Waals surface area (Å²) in [6, 6.07) is 10.2. The van der Waals surface area contributed by atoms with Gasteiger partial charge in [0.2, 0.25) is 0 Å². The van der Waals surface area contributed by atoms with E-state index in [9.17, 15) is 0 Å². The molecule has 0 spiro atoms. The van der Waals surface area contributed by atoms with Gasteiger partial charge in [-0.05, 0) is 69.2 Å². The molecule has 1 heterocycles. The first-order chi connectivity index (χ1) is 9.44. The molecule has 0 aliphatic rings. The SMILES string of the molecule is Cc1cc(C)nc(NC(=S)Nc2ccc(C)cc2C)c1. The topological polar surface area (TPSA) is 37.0 Å². The molecule has 0 atom stereocenters. The van der Waals surface area contributed by atoms with Crippen LogP contribution < -0.4 is 10.6 Å². The average Bonchev–Trinajstić information content (AvgIpc) is 2.31. The number of aromatic nitrogens is 1. The molecule has 0 saturated carbocycles. The third-order valence-electron chi connectivity index (χ3n) is 2.97. The maximum atomic E-state index is 5.33. The molecule has 4 heteroatoms. The predicted molar refractivity (Wildman–Crippen MR) is 89.5 cm³/mol. The summed E-state index contributed by atoms with van der Waals surface area (Å²) in [7, 11) is 0. The molecule has 0 unspecified atom stereocenters. The van der Waals surface area contributed by atoms with Crippen LogP contribution in [0.15, 0.2) is 30.3 Å². The molecule has 3 nitrogen and oxygen atoms in total. The lowest BCUT2D eigenvalue weighted by molar-refractivity contribution is 1.18. The molecule has 0 aliphatic carbocycles. The molecule has 2 rings (SSSR count). The van der Waals surface area contributed by atoms with Crippen LogP contribution in [-0.4, -0.2) is 10.1 Å². The van der Waals surface area contributed by atoms with Crippen LogP contribution in [0, 0.1) is 27.7 Å². The molecule has 1 aromatic carbocycles. The molecule has 0 amide bonds. The Morgan fingerprint density at radius 2 is 1.70 bits per heavy atom. The van der Waals surface area contributed by atoms with Crippen LogP contribution in [0.4, 0.5) is 11.5 Å². The Morgan fingerprint density at radius 3 is 2.35 bits per heavy atom. The van der Waals surface area contributed by atoms with Gasteiger partial charge < -0.3 is 10.6 Å². The van der Waals surface area contributed by atoms with E-state index in [2.05, 4.69) is 41.6 Å². The Hall–Kier alpha value is -1.94. The summed E-state index contributed by atoms with van der Waals surface area (Å²) in [5, 5.41) is 6.88. The van der Waals surface area contributed by atoms with Crippen LogP contribution >= 0.6 is 12.2 Å². The highest BCUT2D eigenvalue weighted by Gasteiger charge is 2.03. The molecule has 0 radical (unpaired) electrons. The number of thiocarbonyl (C=S) groups is 1. The van der Waals surface area contributed by atoms with Crippen molar-refractivity contribution in [3.63, 3.8) is 0 Å². The molecule has 20 heavy (non-hydrogen) atoms. The number of nitrogens with one attached hydrogen (secondary N) is 2. The second-order valence-electron chi connectivity index (χ2n) is 5.07. The van der Waals surface area contributed by atoms with Gasteiger partial charge in [-0.15, -0.1) is 0 Å². The number of benzene rings is 1. The molecule has 0 bridgehead atoms. The van der Waals surface area contributed by atoms with E-state index in [0.29, 0.717) is 5.11 Å². The summed E-state index contributed by atoms with van der Waals surface area (Å²) in [6.07, 6.45) is 0. The normalized spacial score (nSPS) is 10.2. The van der Waals surface area contributed by atoms with Crippen LogP contribution in [0.2, 0.25) is 0 Å². The van der Waals surface area contributed by atoms with Gasteiger partial charge in [-0.2, -0.15) is 0 Å². The molecule has 0 saturated heterocycles. The largest absolute Gasteiger partial charge is 0.332 e. The van der Waals surface area contributed by atoms with Gasteiger partial charge >= 0.3 is 0 Å². The highest BCUT2D eigenvalue weighted by Crippen LogP contribution is 2.16. The standard InChI is InChI=1S/C16H19N3S/c1-10-5-6-14(12(3)7-10)18-16(20)19-15-9-11(2)8-13(4)17-15/h5-9H,1-4H3,(H2,17,18,19,20). The Kier molecular flexibility index (Phi) is 4.35. The van der Waals surface area contributed by atoms with Gasteiger partial charge in [0.15, 0.2) is 5.11 Å². The van der Waals surface area contributed by atoms with E-state index in [1.54, 1.807) is 0 Å². The molecular weight excluding hydrogens is 266 g/mol. The Balaban J connectivity index is 2.09. The Labute approximate surface area is 125 Å². The van der Waals surface area contributed by atoms with Crippen molar-refractivity contribution in [1.29, 1.82) is 0 Å². The fraction of sp³-hybridized carbons (Fsp3) is 0.250. The van der Waals surface area contributed by atoms with Crippen molar-refractivity contribution in [1.82, 2.24) is 4.98 Å². The fourth-order valence-corrected chi connectivity index (χ4v) is 2.34. The summed E-state index contributed by atoms with van der Waals surface area (Å²) in [4.78, 5) is 4.41.